The minimum atomic E-state index is -4.76. The van der Waals surface area contributed by atoms with Crippen molar-refractivity contribution >= 4 is 17.4 Å². The van der Waals surface area contributed by atoms with Crippen LogP contribution >= 0.6 is 11.3 Å². The number of aromatic nitrogens is 4. The lowest BCUT2D eigenvalue weighted by Gasteiger charge is -2.18. The number of carbonyl (C=O) groups excluding carboxylic acids is 1. The van der Waals surface area contributed by atoms with Crippen molar-refractivity contribution in [1.29, 1.82) is 0 Å². The molecule has 0 radical (unpaired) electrons. The van der Waals surface area contributed by atoms with E-state index in [-0.39, 0.29) is 12.3 Å². The number of rotatable bonds is 9. The molecule has 2 heterocycles. The average Bonchev–Trinajstić information content (AvgIpc) is 3.66. The predicted molar refractivity (Wildman–Crippen MR) is 165 cm³/mol. The molecule has 5 rings (SSSR count). The number of thiazole rings is 1. The van der Waals surface area contributed by atoms with Crippen LogP contribution in [0.1, 0.15) is 43.0 Å². The van der Waals surface area contributed by atoms with Crippen LogP contribution in [0.3, 0.4) is 0 Å². The third kappa shape index (κ3) is 7.60. The Kier molecular flexibility index (Phi) is 9.37. The molecule has 0 fully saturated rings. The number of alkyl halides is 3. The van der Waals surface area contributed by atoms with Crippen molar-refractivity contribution < 1.29 is 27.4 Å². The maximum Gasteiger partial charge on any atom is 0.573 e. The summed E-state index contributed by atoms with van der Waals surface area (Å²) in [4.78, 5) is 22.1. The van der Waals surface area contributed by atoms with Crippen LogP contribution in [0.15, 0.2) is 83.4 Å². The monoisotopic (exact) mass is 636 g/mol. The zero-order chi connectivity index (χ0) is 32.1. The minimum absolute atomic E-state index is 0.262. The van der Waals surface area contributed by atoms with Crippen LogP contribution in [0, 0.1) is 6.92 Å². The average molecular weight is 637 g/mol. The Morgan fingerprint density at radius 3 is 2.44 bits per heavy atom. The topological polar surface area (TPSA) is 95.6 Å². The van der Waals surface area contributed by atoms with Gasteiger partial charge in [0.15, 0.2) is 10.6 Å². The minimum Gasteiger partial charge on any atom is -0.497 e. The molecule has 1 atom stereocenters. The van der Waals surface area contributed by atoms with E-state index in [1.165, 1.54) is 46.6 Å². The Labute approximate surface area is 261 Å². The fourth-order valence-corrected chi connectivity index (χ4v) is 5.51. The third-order valence-electron chi connectivity index (χ3n) is 7.18. The van der Waals surface area contributed by atoms with Crippen molar-refractivity contribution in [1.82, 2.24) is 24.6 Å². The number of benzene rings is 3. The number of aryl methyl sites for hydroxylation is 1. The van der Waals surface area contributed by atoms with Crippen molar-refractivity contribution in [3.8, 4) is 34.3 Å². The Morgan fingerprint density at radius 2 is 1.78 bits per heavy atom. The van der Waals surface area contributed by atoms with Crippen LogP contribution in [0.25, 0.3) is 22.8 Å². The standard InChI is InChI=1S/C32H31F3N6O3S/c1-5-20(2)27-15-14-26(43-4)16-28(27)41-21(3)18-45-31(41)38-30(42)36-17-22-6-8-23(9-7-22)29-37-19-40(39-29)24-10-12-25(13-11-24)44-32(33,34)35/h6-16,18-20H,5,17H2,1-4H3,(H,36,42)/b38-31-. The van der Waals surface area contributed by atoms with Crippen molar-refractivity contribution in [2.24, 2.45) is 4.99 Å². The number of amides is 2. The molecule has 2 amide bonds. The maximum atomic E-state index is 12.9. The summed E-state index contributed by atoms with van der Waals surface area (Å²) < 4.78 is 50.1. The Balaban J connectivity index is 1.26. The molecule has 1 unspecified atom stereocenters. The summed E-state index contributed by atoms with van der Waals surface area (Å²) >= 11 is 1.39. The number of carbonyl (C=O) groups is 1. The summed E-state index contributed by atoms with van der Waals surface area (Å²) in [5.41, 5.74) is 5.15. The van der Waals surface area contributed by atoms with E-state index in [0.29, 0.717) is 22.2 Å². The quantitative estimate of drug-likeness (QED) is 0.183. The van der Waals surface area contributed by atoms with Crippen LogP contribution in [-0.4, -0.2) is 38.8 Å². The van der Waals surface area contributed by atoms with Gasteiger partial charge in [-0.1, -0.05) is 44.2 Å². The van der Waals surface area contributed by atoms with E-state index >= 15 is 0 Å². The SMILES string of the molecule is CCC(C)c1ccc(OC)cc1-n1c(C)cs/c1=N\C(=O)NCc1ccc(-c2ncn(-c3ccc(OC(F)(F)F)cc3)n2)cc1. The normalized spacial score (nSPS) is 12.6. The largest absolute Gasteiger partial charge is 0.573 e. The van der Waals surface area contributed by atoms with Crippen LogP contribution in [-0.2, 0) is 6.54 Å². The summed E-state index contributed by atoms with van der Waals surface area (Å²) in [6.45, 7) is 6.55. The number of methoxy groups -OCH3 is 1. The van der Waals surface area contributed by atoms with Crippen molar-refractivity contribution in [2.75, 3.05) is 7.11 Å². The van der Waals surface area contributed by atoms with E-state index in [1.807, 2.05) is 53.3 Å². The molecule has 0 bridgehead atoms. The van der Waals surface area contributed by atoms with E-state index in [1.54, 1.807) is 7.11 Å². The van der Waals surface area contributed by atoms with E-state index in [0.717, 1.165) is 40.2 Å². The van der Waals surface area contributed by atoms with Gasteiger partial charge in [0.05, 0.1) is 18.5 Å². The summed E-state index contributed by atoms with van der Waals surface area (Å²) in [5.74, 6) is 1.15. The van der Waals surface area contributed by atoms with Gasteiger partial charge in [-0.25, -0.2) is 14.5 Å². The van der Waals surface area contributed by atoms with Gasteiger partial charge in [0.1, 0.15) is 17.8 Å². The highest BCUT2D eigenvalue weighted by Crippen LogP contribution is 2.30. The summed E-state index contributed by atoms with van der Waals surface area (Å²) in [6, 6.07) is 18.2. The fraction of sp³-hybridized carbons (Fsp3) is 0.250. The number of ether oxygens (including phenoxy) is 2. The smallest absolute Gasteiger partial charge is 0.497 e. The van der Waals surface area contributed by atoms with Crippen molar-refractivity contribution in [2.45, 2.75) is 46.0 Å². The third-order valence-corrected chi connectivity index (χ3v) is 8.12. The second-order valence-corrected chi connectivity index (χ2v) is 11.1. The molecule has 1 N–H and O–H groups in total. The molecule has 0 saturated carbocycles. The summed E-state index contributed by atoms with van der Waals surface area (Å²) in [7, 11) is 1.63. The van der Waals surface area contributed by atoms with Crippen molar-refractivity contribution in [3.63, 3.8) is 0 Å². The Bertz CT molecular complexity index is 1840. The fourth-order valence-electron chi connectivity index (χ4n) is 4.64. The first kappa shape index (κ1) is 31.5. The lowest BCUT2D eigenvalue weighted by Crippen LogP contribution is -2.24. The molecule has 9 nitrogen and oxygen atoms in total. The summed E-state index contributed by atoms with van der Waals surface area (Å²) in [5, 5.41) is 9.25. The number of urea groups is 1. The molecule has 5 aromatic rings. The van der Waals surface area contributed by atoms with Gasteiger partial charge in [-0.15, -0.1) is 29.6 Å². The number of halogens is 3. The molecule has 0 aliphatic carbocycles. The van der Waals surface area contributed by atoms with E-state index in [4.69, 9.17) is 4.74 Å². The van der Waals surface area contributed by atoms with Gasteiger partial charge in [0.25, 0.3) is 0 Å². The van der Waals surface area contributed by atoms with E-state index in [2.05, 4.69) is 45.0 Å². The molecular formula is C32H31F3N6O3S. The van der Waals surface area contributed by atoms with Crippen LogP contribution in [0.4, 0.5) is 18.0 Å². The highest BCUT2D eigenvalue weighted by Gasteiger charge is 2.31. The van der Waals surface area contributed by atoms with Gasteiger partial charge in [0, 0.05) is 29.2 Å². The highest BCUT2D eigenvalue weighted by molar-refractivity contribution is 7.07. The Hall–Kier alpha value is -4.91. The van der Waals surface area contributed by atoms with E-state index < -0.39 is 12.4 Å². The number of nitrogens with zero attached hydrogens (tertiary/aromatic N) is 5. The van der Waals surface area contributed by atoms with Crippen LogP contribution in [0.5, 0.6) is 11.5 Å². The number of hydrogen-bond donors (Lipinski definition) is 1. The summed E-state index contributed by atoms with van der Waals surface area (Å²) in [6.07, 6.45) is -2.32. The van der Waals surface area contributed by atoms with Gasteiger partial charge in [0.2, 0.25) is 0 Å². The van der Waals surface area contributed by atoms with Gasteiger partial charge >= 0.3 is 12.4 Å². The zero-order valence-electron chi connectivity index (χ0n) is 25.0. The lowest BCUT2D eigenvalue weighted by molar-refractivity contribution is -0.274. The number of hydrogen-bond acceptors (Lipinski definition) is 6. The second-order valence-electron chi connectivity index (χ2n) is 10.3. The first-order valence-corrected chi connectivity index (χ1v) is 15.0. The first-order valence-electron chi connectivity index (χ1n) is 14.1. The predicted octanol–water partition coefficient (Wildman–Crippen LogP) is 7.33. The van der Waals surface area contributed by atoms with Crippen LogP contribution < -0.4 is 19.6 Å². The van der Waals surface area contributed by atoms with Gasteiger partial charge < -0.3 is 14.8 Å². The molecule has 3 aromatic carbocycles. The Morgan fingerprint density at radius 1 is 1.07 bits per heavy atom. The number of nitrogens with one attached hydrogen (secondary N) is 1. The van der Waals surface area contributed by atoms with Crippen molar-refractivity contribution in [3.05, 3.63) is 100 Å². The molecule has 2 aromatic heterocycles. The van der Waals surface area contributed by atoms with Gasteiger partial charge in [-0.3, -0.25) is 4.57 Å². The molecule has 13 heteroatoms. The lowest BCUT2D eigenvalue weighted by atomic mass is 9.96. The first-order chi connectivity index (χ1) is 21.5. The maximum absolute atomic E-state index is 12.9. The molecule has 0 saturated heterocycles. The van der Waals surface area contributed by atoms with E-state index in [9.17, 15) is 18.0 Å². The molecule has 0 aliphatic rings. The molecule has 234 valence electrons. The second kappa shape index (κ2) is 13.4. The zero-order valence-corrected chi connectivity index (χ0v) is 25.8. The highest BCUT2D eigenvalue weighted by atomic mass is 32.1. The van der Waals surface area contributed by atoms with Crippen LogP contribution in [0.2, 0.25) is 0 Å². The molecule has 0 aliphatic heterocycles. The van der Waals surface area contributed by atoms with Gasteiger partial charge in [-0.05, 0) is 60.7 Å². The molecule has 45 heavy (non-hydrogen) atoms. The van der Waals surface area contributed by atoms with Gasteiger partial charge in [-0.2, -0.15) is 4.99 Å². The molecule has 0 spiro atoms. The molecular weight excluding hydrogens is 605 g/mol.